The van der Waals surface area contributed by atoms with Crippen LogP contribution in [-0.2, 0) is 18.4 Å². The van der Waals surface area contributed by atoms with E-state index in [-0.39, 0.29) is 12.3 Å². The Labute approximate surface area is 283 Å². The minimum Gasteiger partial charge on any atom is -0.391 e. The second-order valence-electron chi connectivity index (χ2n) is 13.4. The highest BCUT2D eigenvalue weighted by Gasteiger charge is 2.51. The van der Waals surface area contributed by atoms with Crippen molar-refractivity contribution < 1.29 is 53.9 Å². The predicted octanol–water partition coefficient (Wildman–Crippen LogP) is 4.77. The summed E-state index contributed by atoms with van der Waals surface area (Å²) in [7, 11) is -5.03. The van der Waals surface area contributed by atoms with Crippen molar-refractivity contribution in [3.05, 3.63) is 0 Å². The summed E-state index contributed by atoms with van der Waals surface area (Å²) in [5.74, 6) is -0.314. The van der Waals surface area contributed by atoms with Crippen molar-refractivity contribution in [2.45, 2.75) is 204 Å². The molecule has 6 unspecified atom stereocenters. The van der Waals surface area contributed by atoms with Gasteiger partial charge in [0.15, 0.2) is 0 Å². The molecule has 1 aliphatic rings. The number of rotatable bonds is 29. The number of nitrogens with one attached hydrogen (secondary N) is 1. The average molecular weight is 698 g/mol. The van der Waals surface area contributed by atoms with Crippen molar-refractivity contribution in [3.8, 4) is 0 Å². The highest BCUT2D eigenvalue weighted by Crippen LogP contribution is 2.47. The first-order valence-corrected chi connectivity index (χ1v) is 20.0. The molecule has 0 radical (unpaired) electrons. The van der Waals surface area contributed by atoms with Gasteiger partial charge in [-0.25, -0.2) is 4.57 Å². The van der Waals surface area contributed by atoms with Gasteiger partial charge in [-0.1, -0.05) is 136 Å². The number of aliphatic hydroxyl groups is 6. The van der Waals surface area contributed by atoms with Crippen LogP contribution < -0.4 is 5.32 Å². The van der Waals surface area contributed by atoms with E-state index in [1.54, 1.807) is 0 Å². The Hall–Kier alpha value is -0.660. The molecule has 1 saturated carbocycles. The van der Waals surface area contributed by atoms with Crippen LogP contribution in [0.4, 0.5) is 0 Å². The lowest BCUT2D eigenvalue weighted by atomic mass is 9.85. The second-order valence-corrected chi connectivity index (χ2v) is 14.8. The van der Waals surface area contributed by atoms with Crippen LogP contribution in [0, 0.1) is 0 Å². The second kappa shape index (κ2) is 26.2. The first kappa shape index (κ1) is 44.4. The van der Waals surface area contributed by atoms with Gasteiger partial charge in [-0.3, -0.25) is 13.8 Å². The lowest BCUT2D eigenvalue weighted by Crippen LogP contribution is -2.64. The fourth-order valence-electron chi connectivity index (χ4n) is 6.02. The summed E-state index contributed by atoms with van der Waals surface area (Å²) < 4.78 is 22.7. The van der Waals surface area contributed by atoms with Gasteiger partial charge in [0, 0.05) is 6.42 Å². The fraction of sp³-hybridized carbons (Fsp3) is 0.971. The van der Waals surface area contributed by atoms with Gasteiger partial charge >= 0.3 is 7.82 Å². The third-order valence-electron chi connectivity index (χ3n) is 9.17. The van der Waals surface area contributed by atoms with Crippen LogP contribution in [0.25, 0.3) is 0 Å². The van der Waals surface area contributed by atoms with E-state index in [4.69, 9.17) is 9.05 Å². The summed E-state index contributed by atoms with van der Waals surface area (Å²) in [6.07, 6.45) is 10.3. The Morgan fingerprint density at radius 1 is 0.638 bits per heavy atom. The van der Waals surface area contributed by atoms with E-state index < -0.39 is 63.2 Å². The van der Waals surface area contributed by atoms with E-state index in [0.717, 1.165) is 38.5 Å². The van der Waals surface area contributed by atoms with Crippen LogP contribution in [0.3, 0.4) is 0 Å². The van der Waals surface area contributed by atoms with Gasteiger partial charge in [-0.15, -0.1) is 0 Å². The van der Waals surface area contributed by atoms with E-state index in [9.17, 15) is 44.9 Å². The first-order chi connectivity index (χ1) is 22.4. The largest absolute Gasteiger partial charge is 0.472 e. The minimum absolute atomic E-state index is 0.239. The number of hydrogen-bond donors (Lipinski definition) is 8. The van der Waals surface area contributed by atoms with Gasteiger partial charge in [-0.05, 0) is 12.8 Å². The normalized spacial score (nSPS) is 25.7. The van der Waals surface area contributed by atoms with Gasteiger partial charge in [0.1, 0.15) is 36.6 Å². The van der Waals surface area contributed by atoms with Crippen LogP contribution in [0.5, 0.6) is 0 Å². The number of unbranched alkanes of at least 4 members (excludes halogenated alkanes) is 18. The standard InChI is InChI=1S/C34H68NO11P/c1-3-5-7-9-11-13-14-15-16-17-19-21-23-27(36)26(35-28(37)24-22-20-18-12-10-8-6-4-2)25-45-47(43,44)46-34-32(41)30(39)29(38)31(40)33(34)42/h26-27,29-34,36,38-42H,3-25H2,1-2H3,(H,35,37)(H,43,44)/t26-,27+,29?,30+,31?,32?,33?,34?/m0/s1. The molecule has 0 bridgehead atoms. The molecular weight excluding hydrogens is 629 g/mol. The number of carbonyl (C=O) groups is 1. The molecule has 1 rings (SSSR count). The van der Waals surface area contributed by atoms with E-state index in [1.807, 2.05) is 0 Å². The Morgan fingerprint density at radius 2 is 1.02 bits per heavy atom. The highest BCUT2D eigenvalue weighted by atomic mass is 31.2. The molecule has 0 aliphatic heterocycles. The van der Waals surface area contributed by atoms with Crippen LogP contribution in [0.15, 0.2) is 0 Å². The summed E-state index contributed by atoms with van der Waals surface area (Å²) in [5, 5.41) is 63.6. The van der Waals surface area contributed by atoms with Crippen molar-refractivity contribution >= 4 is 13.7 Å². The van der Waals surface area contributed by atoms with Crippen molar-refractivity contribution in [1.29, 1.82) is 0 Å². The Balaban J connectivity index is 2.59. The summed E-state index contributed by atoms with van der Waals surface area (Å²) in [4.78, 5) is 23.1. The van der Waals surface area contributed by atoms with Crippen molar-refractivity contribution in [2.24, 2.45) is 0 Å². The Bertz CT molecular complexity index is 822. The quantitative estimate of drug-likeness (QED) is 0.0395. The molecule has 1 aliphatic carbocycles. The smallest absolute Gasteiger partial charge is 0.391 e. The summed E-state index contributed by atoms with van der Waals surface area (Å²) in [6.45, 7) is 3.80. The summed E-state index contributed by atoms with van der Waals surface area (Å²) in [5.41, 5.74) is 0. The summed E-state index contributed by atoms with van der Waals surface area (Å²) in [6, 6.07) is -1.02. The molecule has 0 aromatic carbocycles. The molecular formula is C34H68NO11P. The Kier molecular flexibility index (Phi) is 24.7. The number of amides is 1. The average Bonchev–Trinajstić information content (AvgIpc) is 3.04. The summed E-state index contributed by atoms with van der Waals surface area (Å²) >= 11 is 0. The molecule has 8 N–H and O–H groups in total. The van der Waals surface area contributed by atoms with Crippen LogP contribution in [-0.4, -0.2) is 96.8 Å². The Morgan fingerprint density at radius 3 is 1.47 bits per heavy atom. The highest BCUT2D eigenvalue weighted by molar-refractivity contribution is 7.47. The number of aliphatic hydroxyl groups excluding tert-OH is 6. The molecule has 280 valence electrons. The van der Waals surface area contributed by atoms with Crippen LogP contribution in [0.1, 0.15) is 155 Å². The fourth-order valence-corrected chi connectivity index (χ4v) is 6.99. The molecule has 0 aromatic heterocycles. The maximum Gasteiger partial charge on any atom is 0.472 e. The molecule has 47 heavy (non-hydrogen) atoms. The molecule has 13 heteroatoms. The van der Waals surface area contributed by atoms with Crippen LogP contribution in [0.2, 0.25) is 0 Å². The van der Waals surface area contributed by atoms with Gasteiger partial charge in [0.25, 0.3) is 0 Å². The van der Waals surface area contributed by atoms with E-state index in [1.165, 1.54) is 77.0 Å². The van der Waals surface area contributed by atoms with E-state index >= 15 is 0 Å². The van der Waals surface area contributed by atoms with E-state index in [2.05, 4.69) is 19.2 Å². The number of phosphoric acid groups is 1. The molecule has 9 atom stereocenters. The van der Waals surface area contributed by atoms with E-state index in [0.29, 0.717) is 19.3 Å². The third kappa shape index (κ3) is 19.4. The van der Waals surface area contributed by atoms with Crippen molar-refractivity contribution in [2.75, 3.05) is 6.61 Å². The minimum atomic E-state index is -5.03. The molecule has 0 heterocycles. The molecule has 1 amide bonds. The zero-order chi connectivity index (χ0) is 35.1. The van der Waals surface area contributed by atoms with Gasteiger partial charge in [0.05, 0.1) is 18.8 Å². The van der Waals surface area contributed by atoms with Gasteiger partial charge < -0.3 is 40.8 Å². The zero-order valence-electron chi connectivity index (χ0n) is 29.1. The molecule has 1 fully saturated rings. The number of phosphoric ester groups is 1. The van der Waals surface area contributed by atoms with Crippen molar-refractivity contribution in [1.82, 2.24) is 5.32 Å². The monoisotopic (exact) mass is 697 g/mol. The third-order valence-corrected chi connectivity index (χ3v) is 10.2. The lowest BCUT2D eigenvalue weighted by Gasteiger charge is -2.41. The van der Waals surface area contributed by atoms with Crippen molar-refractivity contribution in [3.63, 3.8) is 0 Å². The maximum absolute atomic E-state index is 12.8. The maximum atomic E-state index is 12.8. The lowest BCUT2D eigenvalue weighted by molar-refractivity contribution is -0.220. The zero-order valence-corrected chi connectivity index (χ0v) is 30.0. The number of hydrogen-bond acceptors (Lipinski definition) is 10. The molecule has 0 saturated heterocycles. The van der Waals surface area contributed by atoms with Gasteiger partial charge in [-0.2, -0.15) is 0 Å². The SMILES string of the molecule is CCCCCCCCCCCCCC[C@@H](O)[C@H](COP(=O)(O)OC1C(O)C(O)C(O)[C@@H](O)C1O)NC(=O)CCCCCCCCCC. The van der Waals surface area contributed by atoms with Crippen LogP contribution >= 0.6 is 7.82 Å². The molecule has 0 spiro atoms. The molecule has 12 nitrogen and oxygen atoms in total. The topological polar surface area (TPSA) is 206 Å². The first-order valence-electron chi connectivity index (χ1n) is 18.5. The predicted molar refractivity (Wildman–Crippen MR) is 182 cm³/mol. The molecule has 0 aromatic rings. The van der Waals surface area contributed by atoms with Gasteiger partial charge in [0.2, 0.25) is 5.91 Å². The number of carbonyl (C=O) groups excluding carboxylic acids is 1.